The second-order valence-electron chi connectivity index (χ2n) is 6.59. The Morgan fingerprint density at radius 3 is 2.77 bits per heavy atom. The second-order valence-corrected chi connectivity index (χ2v) is 8.82. The lowest BCUT2D eigenvalue weighted by molar-refractivity contribution is 0.0996. The van der Waals surface area contributed by atoms with Crippen LogP contribution in [0.1, 0.15) is 51.2 Å². The Balaban J connectivity index is 1.68. The third-order valence-electron chi connectivity index (χ3n) is 4.72. The summed E-state index contributed by atoms with van der Waals surface area (Å²) in [4.78, 5) is 17.6. The average Bonchev–Trinajstić information content (AvgIpc) is 3.39. The van der Waals surface area contributed by atoms with Gasteiger partial charge in [0.2, 0.25) is 0 Å². The van der Waals surface area contributed by atoms with Crippen LogP contribution in [0, 0.1) is 6.92 Å². The van der Waals surface area contributed by atoms with Crippen molar-refractivity contribution in [3.8, 4) is 0 Å². The van der Waals surface area contributed by atoms with Gasteiger partial charge >= 0.3 is 0 Å². The van der Waals surface area contributed by atoms with E-state index >= 15 is 0 Å². The van der Waals surface area contributed by atoms with Gasteiger partial charge in [0.15, 0.2) is 5.76 Å². The molecule has 26 heavy (non-hydrogen) atoms. The molecule has 0 spiro atoms. The number of nitrogens with zero attached hydrogens (tertiary/aromatic N) is 1. The lowest BCUT2D eigenvalue weighted by atomic mass is 10.0. The molecule has 1 aliphatic heterocycles. The van der Waals surface area contributed by atoms with Gasteiger partial charge in [0.25, 0.3) is 5.91 Å². The van der Waals surface area contributed by atoms with Gasteiger partial charge in [-0.25, -0.2) is 0 Å². The summed E-state index contributed by atoms with van der Waals surface area (Å²) in [6, 6.07) is 10.2. The molecular weight excluding hydrogens is 364 g/mol. The number of likely N-dealkylation sites (tertiary alicyclic amines) is 1. The van der Waals surface area contributed by atoms with E-state index < -0.39 is 0 Å². The number of hydrogen-bond donors (Lipinski definition) is 1. The van der Waals surface area contributed by atoms with Gasteiger partial charge in [-0.05, 0) is 62.5 Å². The van der Waals surface area contributed by atoms with Crippen molar-refractivity contribution in [1.82, 2.24) is 4.90 Å². The molecule has 3 aromatic rings. The van der Waals surface area contributed by atoms with Crippen molar-refractivity contribution < 1.29 is 9.21 Å². The van der Waals surface area contributed by atoms with E-state index in [9.17, 15) is 4.79 Å². The zero-order valence-electron chi connectivity index (χ0n) is 14.7. The minimum Gasteiger partial charge on any atom is -0.459 e. The summed E-state index contributed by atoms with van der Waals surface area (Å²) in [6.45, 7) is 4.30. The molecular formula is C20H22N2O2S2. The Labute approximate surface area is 161 Å². The number of nitrogens with one attached hydrogen (secondary N) is 1. The number of amides is 1. The first-order valence-electron chi connectivity index (χ1n) is 8.95. The van der Waals surface area contributed by atoms with Gasteiger partial charge in [-0.15, -0.1) is 22.7 Å². The van der Waals surface area contributed by atoms with Crippen LogP contribution in [-0.4, -0.2) is 23.9 Å². The normalized spacial score (nSPS) is 16.5. The van der Waals surface area contributed by atoms with E-state index in [0.29, 0.717) is 5.76 Å². The van der Waals surface area contributed by atoms with Crippen molar-refractivity contribution >= 4 is 33.6 Å². The van der Waals surface area contributed by atoms with E-state index in [-0.39, 0.29) is 11.9 Å². The minimum absolute atomic E-state index is 0.193. The minimum atomic E-state index is -0.193. The molecule has 0 unspecified atom stereocenters. The Morgan fingerprint density at radius 2 is 2.08 bits per heavy atom. The number of aryl methyl sites for hydroxylation is 1. The first-order chi connectivity index (χ1) is 12.7. The van der Waals surface area contributed by atoms with Crippen molar-refractivity contribution in [3.63, 3.8) is 0 Å². The monoisotopic (exact) mass is 386 g/mol. The summed E-state index contributed by atoms with van der Waals surface area (Å²) >= 11 is 3.42. The maximum absolute atomic E-state index is 12.5. The molecule has 0 radical (unpaired) electrons. The Kier molecular flexibility index (Phi) is 5.24. The third-order valence-corrected chi connectivity index (χ3v) is 6.63. The van der Waals surface area contributed by atoms with E-state index in [1.165, 1.54) is 40.8 Å². The predicted octanol–water partition coefficient (Wildman–Crippen LogP) is 5.54. The Morgan fingerprint density at radius 1 is 1.23 bits per heavy atom. The molecule has 4 rings (SSSR count). The molecule has 1 N–H and O–H groups in total. The summed E-state index contributed by atoms with van der Waals surface area (Å²) in [7, 11) is 0. The molecule has 1 aliphatic rings. The van der Waals surface area contributed by atoms with Crippen LogP contribution < -0.4 is 5.32 Å². The molecule has 0 saturated carbocycles. The highest BCUT2D eigenvalue weighted by Crippen LogP contribution is 2.41. The number of hydrogen-bond acceptors (Lipinski definition) is 5. The first-order valence-corrected chi connectivity index (χ1v) is 10.6. The highest BCUT2D eigenvalue weighted by molar-refractivity contribution is 7.16. The average molecular weight is 387 g/mol. The molecule has 3 aromatic heterocycles. The molecule has 6 heteroatoms. The molecule has 4 heterocycles. The largest absolute Gasteiger partial charge is 0.459 e. The topological polar surface area (TPSA) is 45.5 Å². The fourth-order valence-corrected chi connectivity index (χ4v) is 5.38. The van der Waals surface area contributed by atoms with Crippen molar-refractivity contribution in [2.45, 2.75) is 32.2 Å². The van der Waals surface area contributed by atoms with Crippen LogP contribution in [0.25, 0.3) is 0 Å². The quantitative estimate of drug-likeness (QED) is 0.626. The van der Waals surface area contributed by atoms with E-state index in [1.54, 1.807) is 34.8 Å². The maximum Gasteiger partial charge on any atom is 0.291 e. The lowest BCUT2D eigenvalue weighted by Crippen LogP contribution is -2.34. The Hall–Kier alpha value is -1.89. The first kappa shape index (κ1) is 17.5. The third kappa shape index (κ3) is 3.63. The van der Waals surface area contributed by atoms with Crippen LogP contribution in [-0.2, 0) is 0 Å². The van der Waals surface area contributed by atoms with Gasteiger partial charge in [-0.3, -0.25) is 9.69 Å². The molecule has 0 aliphatic carbocycles. The van der Waals surface area contributed by atoms with Gasteiger partial charge in [0.05, 0.1) is 12.3 Å². The number of thiophene rings is 2. The Bertz CT molecular complexity index is 847. The number of carbonyl (C=O) groups excluding carboxylic acids is 1. The summed E-state index contributed by atoms with van der Waals surface area (Å²) in [5.74, 6) is 0.148. The predicted molar refractivity (Wildman–Crippen MR) is 107 cm³/mol. The van der Waals surface area contributed by atoms with Gasteiger partial charge < -0.3 is 9.73 Å². The lowest BCUT2D eigenvalue weighted by Gasteiger charge is -2.34. The van der Waals surface area contributed by atoms with Crippen LogP contribution >= 0.6 is 22.7 Å². The van der Waals surface area contributed by atoms with Crippen LogP contribution in [0.15, 0.2) is 46.4 Å². The number of piperidine rings is 1. The number of anilines is 1. The summed E-state index contributed by atoms with van der Waals surface area (Å²) in [5, 5.41) is 6.13. The maximum atomic E-state index is 12.5. The molecule has 1 atom stereocenters. The van der Waals surface area contributed by atoms with Gasteiger partial charge in [-0.2, -0.15) is 0 Å². The molecule has 1 saturated heterocycles. The van der Waals surface area contributed by atoms with Crippen molar-refractivity contribution in [2.75, 3.05) is 18.4 Å². The zero-order chi connectivity index (χ0) is 17.9. The van der Waals surface area contributed by atoms with Crippen LogP contribution in [0.2, 0.25) is 0 Å². The van der Waals surface area contributed by atoms with Crippen molar-refractivity contribution in [1.29, 1.82) is 0 Å². The number of furan rings is 1. The summed E-state index contributed by atoms with van der Waals surface area (Å²) < 4.78 is 5.25. The molecule has 4 nitrogen and oxygen atoms in total. The van der Waals surface area contributed by atoms with Crippen LogP contribution in [0.3, 0.4) is 0 Å². The van der Waals surface area contributed by atoms with E-state index in [4.69, 9.17) is 4.42 Å². The fourth-order valence-electron chi connectivity index (χ4n) is 3.56. The molecule has 136 valence electrons. The van der Waals surface area contributed by atoms with Crippen LogP contribution in [0.4, 0.5) is 5.00 Å². The van der Waals surface area contributed by atoms with E-state index in [1.807, 2.05) is 0 Å². The molecule has 0 aromatic carbocycles. The van der Waals surface area contributed by atoms with E-state index in [0.717, 1.165) is 18.1 Å². The van der Waals surface area contributed by atoms with Crippen LogP contribution in [0.5, 0.6) is 0 Å². The zero-order valence-corrected chi connectivity index (χ0v) is 16.4. The highest BCUT2D eigenvalue weighted by atomic mass is 32.1. The smallest absolute Gasteiger partial charge is 0.291 e. The number of carbonyl (C=O) groups is 1. The fraction of sp³-hybridized carbons (Fsp3) is 0.350. The summed E-state index contributed by atoms with van der Waals surface area (Å²) in [5.41, 5.74) is 1.19. The number of rotatable bonds is 5. The van der Waals surface area contributed by atoms with Gasteiger partial charge in [0, 0.05) is 15.3 Å². The van der Waals surface area contributed by atoms with Crippen molar-refractivity contribution in [3.05, 3.63) is 63.1 Å². The molecule has 1 fully saturated rings. The second kappa shape index (κ2) is 7.78. The van der Waals surface area contributed by atoms with Gasteiger partial charge in [0.1, 0.15) is 5.00 Å². The highest BCUT2D eigenvalue weighted by Gasteiger charge is 2.29. The molecule has 0 bridgehead atoms. The summed E-state index contributed by atoms with van der Waals surface area (Å²) in [6.07, 6.45) is 5.30. The van der Waals surface area contributed by atoms with Crippen molar-refractivity contribution in [2.24, 2.45) is 0 Å². The SMILES string of the molecule is Cc1cc([C@@H](c2cccs2)N2CCCCC2)c(NC(=O)c2ccco2)s1. The van der Waals surface area contributed by atoms with E-state index in [2.05, 4.69) is 40.7 Å². The van der Waals surface area contributed by atoms with Gasteiger partial charge in [-0.1, -0.05) is 12.5 Å². The standard InChI is InChI=1S/C20H22N2O2S2/c1-14-13-15(20(26-14)21-19(23)16-7-5-11-24-16)18(17-8-6-12-25-17)22-9-3-2-4-10-22/h5-8,11-13,18H,2-4,9-10H2,1H3,(H,21,23)/t18-/m0/s1. The molecule has 1 amide bonds.